The highest BCUT2D eigenvalue weighted by molar-refractivity contribution is 5.08. The third kappa shape index (κ3) is 3.31. The topological polar surface area (TPSA) is 24.9 Å². The number of nitrogens with one attached hydrogen (secondary N) is 1. The van der Waals surface area contributed by atoms with E-state index in [-0.39, 0.29) is 0 Å². The van der Waals surface area contributed by atoms with Crippen LogP contribution in [0.15, 0.2) is 24.5 Å². The van der Waals surface area contributed by atoms with Gasteiger partial charge >= 0.3 is 0 Å². The minimum atomic E-state index is 0.621. The van der Waals surface area contributed by atoms with Gasteiger partial charge in [0.15, 0.2) is 0 Å². The lowest BCUT2D eigenvalue weighted by atomic mass is 9.94. The molecule has 2 nitrogen and oxygen atoms in total. The predicted octanol–water partition coefficient (Wildman–Crippen LogP) is 3.00. The van der Waals surface area contributed by atoms with E-state index in [2.05, 4.69) is 30.2 Å². The van der Waals surface area contributed by atoms with Crippen molar-refractivity contribution in [3.63, 3.8) is 0 Å². The van der Waals surface area contributed by atoms with E-state index < -0.39 is 0 Å². The number of hydrogen-bond acceptors (Lipinski definition) is 2. The maximum absolute atomic E-state index is 4.12. The molecule has 1 aromatic rings. The summed E-state index contributed by atoms with van der Waals surface area (Å²) in [5, 5.41) is 3.57. The molecule has 0 bridgehead atoms. The molecule has 16 heavy (non-hydrogen) atoms. The van der Waals surface area contributed by atoms with Crippen molar-refractivity contribution >= 4 is 0 Å². The van der Waals surface area contributed by atoms with Crippen molar-refractivity contribution in [2.45, 2.75) is 39.7 Å². The fraction of sp³-hybridized carbons (Fsp3) is 0.643. The molecule has 2 rings (SSSR count). The first kappa shape index (κ1) is 11.6. The van der Waals surface area contributed by atoms with Gasteiger partial charge in [0.1, 0.15) is 0 Å². The second kappa shape index (κ2) is 4.96. The Morgan fingerprint density at radius 2 is 2.25 bits per heavy atom. The Hall–Kier alpha value is -0.890. The second-order valence-corrected chi connectivity index (χ2v) is 5.56. The van der Waals surface area contributed by atoms with E-state index in [4.69, 9.17) is 0 Å². The van der Waals surface area contributed by atoms with E-state index in [0.29, 0.717) is 5.41 Å². The van der Waals surface area contributed by atoms with Gasteiger partial charge in [-0.1, -0.05) is 19.9 Å². The second-order valence-electron chi connectivity index (χ2n) is 5.56. The SMILES string of the molecule is CC(C)CC1(CNCc2cccnc2)CC1. The lowest BCUT2D eigenvalue weighted by Gasteiger charge is -2.18. The summed E-state index contributed by atoms with van der Waals surface area (Å²) in [6, 6.07) is 4.13. The van der Waals surface area contributed by atoms with E-state index in [1.165, 1.54) is 31.4 Å². The van der Waals surface area contributed by atoms with Gasteiger partial charge in [-0.3, -0.25) is 4.98 Å². The third-order valence-electron chi connectivity index (χ3n) is 3.35. The van der Waals surface area contributed by atoms with E-state index in [9.17, 15) is 0 Å². The van der Waals surface area contributed by atoms with Crippen molar-refractivity contribution < 1.29 is 0 Å². The highest BCUT2D eigenvalue weighted by Gasteiger charge is 2.41. The minimum absolute atomic E-state index is 0.621. The van der Waals surface area contributed by atoms with Crippen LogP contribution in [0.5, 0.6) is 0 Å². The third-order valence-corrected chi connectivity index (χ3v) is 3.35. The zero-order valence-corrected chi connectivity index (χ0v) is 10.4. The van der Waals surface area contributed by atoms with E-state index in [1.54, 1.807) is 0 Å². The summed E-state index contributed by atoms with van der Waals surface area (Å²) in [6.07, 6.45) is 7.95. The Labute approximate surface area is 98.5 Å². The average Bonchev–Trinajstić information content (AvgIpc) is 2.99. The van der Waals surface area contributed by atoms with Crippen molar-refractivity contribution in [3.8, 4) is 0 Å². The monoisotopic (exact) mass is 218 g/mol. The van der Waals surface area contributed by atoms with Crippen LogP contribution < -0.4 is 5.32 Å². The molecular weight excluding hydrogens is 196 g/mol. The summed E-state index contributed by atoms with van der Waals surface area (Å²) in [5.74, 6) is 0.822. The Morgan fingerprint density at radius 1 is 1.44 bits per heavy atom. The maximum Gasteiger partial charge on any atom is 0.0312 e. The molecule has 1 heterocycles. The van der Waals surface area contributed by atoms with Gasteiger partial charge in [-0.15, -0.1) is 0 Å². The summed E-state index contributed by atoms with van der Waals surface area (Å²) in [5.41, 5.74) is 1.90. The molecular formula is C14H22N2. The van der Waals surface area contributed by atoms with Crippen LogP contribution in [-0.4, -0.2) is 11.5 Å². The zero-order valence-electron chi connectivity index (χ0n) is 10.4. The molecule has 0 aliphatic heterocycles. The molecule has 0 unspecified atom stereocenters. The first-order chi connectivity index (χ1) is 7.70. The van der Waals surface area contributed by atoms with Gasteiger partial charge in [-0.25, -0.2) is 0 Å². The standard InChI is InChI=1S/C14H22N2/c1-12(2)8-14(5-6-14)11-16-10-13-4-3-7-15-9-13/h3-4,7,9,12,16H,5-6,8,10-11H2,1-2H3. The Balaban J connectivity index is 1.72. The molecule has 0 spiro atoms. The van der Waals surface area contributed by atoms with E-state index in [1.807, 2.05) is 18.5 Å². The number of rotatable bonds is 6. The molecule has 1 saturated carbocycles. The van der Waals surface area contributed by atoms with Gasteiger partial charge in [-0.2, -0.15) is 0 Å². The first-order valence-corrected chi connectivity index (χ1v) is 6.30. The Morgan fingerprint density at radius 3 is 2.81 bits per heavy atom. The molecule has 1 fully saturated rings. The Kier molecular flexibility index (Phi) is 3.59. The number of hydrogen-bond donors (Lipinski definition) is 1. The van der Waals surface area contributed by atoms with Crippen molar-refractivity contribution in [1.82, 2.24) is 10.3 Å². The van der Waals surface area contributed by atoms with Crippen molar-refractivity contribution in [1.29, 1.82) is 0 Å². The van der Waals surface area contributed by atoms with Crippen molar-refractivity contribution in [2.75, 3.05) is 6.54 Å². The van der Waals surface area contributed by atoms with Gasteiger partial charge in [0.05, 0.1) is 0 Å². The fourth-order valence-corrected chi connectivity index (χ4v) is 2.47. The molecule has 1 aliphatic carbocycles. The van der Waals surface area contributed by atoms with E-state index in [0.717, 1.165) is 12.5 Å². The normalized spacial score (nSPS) is 17.7. The summed E-state index contributed by atoms with van der Waals surface area (Å²) in [4.78, 5) is 4.12. The van der Waals surface area contributed by atoms with Crippen molar-refractivity contribution in [2.24, 2.45) is 11.3 Å². The molecule has 1 aliphatic rings. The summed E-state index contributed by atoms with van der Waals surface area (Å²) >= 11 is 0. The number of nitrogens with zero attached hydrogens (tertiary/aromatic N) is 1. The number of aromatic nitrogens is 1. The first-order valence-electron chi connectivity index (χ1n) is 6.30. The van der Waals surface area contributed by atoms with Gasteiger partial charge in [0.25, 0.3) is 0 Å². The summed E-state index contributed by atoms with van der Waals surface area (Å²) in [6.45, 7) is 6.76. The molecule has 0 atom stereocenters. The van der Waals surface area contributed by atoms with Crippen molar-refractivity contribution in [3.05, 3.63) is 30.1 Å². The summed E-state index contributed by atoms with van der Waals surface area (Å²) < 4.78 is 0. The summed E-state index contributed by atoms with van der Waals surface area (Å²) in [7, 11) is 0. The molecule has 1 aromatic heterocycles. The van der Waals surface area contributed by atoms with Crippen LogP contribution in [0.4, 0.5) is 0 Å². The zero-order chi connectivity index (χ0) is 11.4. The molecule has 1 N–H and O–H groups in total. The van der Waals surface area contributed by atoms with E-state index >= 15 is 0 Å². The maximum atomic E-state index is 4.12. The molecule has 0 aromatic carbocycles. The smallest absolute Gasteiger partial charge is 0.0312 e. The lowest BCUT2D eigenvalue weighted by Crippen LogP contribution is -2.24. The van der Waals surface area contributed by atoms with Crippen LogP contribution >= 0.6 is 0 Å². The molecule has 0 saturated heterocycles. The van der Waals surface area contributed by atoms with Crippen LogP contribution in [0.1, 0.15) is 38.7 Å². The lowest BCUT2D eigenvalue weighted by molar-refractivity contribution is 0.366. The molecule has 0 radical (unpaired) electrons. The van der Waals surface area contributed by atoms with Crippen LogP contribution in [-0.2, 0) is 6.54 Å². The molecule has 2 heteroatoms. The quantitative estimate of drug-likeness (QED) is 0.794. The largest absolute Gasteiger partial charge is 0.312 e. The fourth-order valence-electron chi connectivity index (χ4n) is 2.47. The predicted molar refractivity (Wildman–Crippen MR) is 67.1 cm³/mol. The Bertz CT molecular complexity index is 315. The number of pyridine rings is 1. The molecule has 0 amide bonds. The minimum Gasteiger partial charge on any atom is -0.312 e. The van der Waals surface area contributed by atoms with Crippen LogP contribution in [0.2, 0.25) is 0 Å². The highest BCUT2D eigenvalue weighted by Crippen LogP contribution is 2.49. The van der Waals surface area contributed by atoms with Gasteiger partial charge < -0.3 is 5.32 Å². The van der Waals surface area contributed by atoms with Crippen LogP contribution in [0, 0.1) is 11.3 Å². The highest BCUT2D eigenvalue weighted by atomic mass is 14.9. The van der Waals surface area contributed by atoms with Gasteiger partial charge in [0.2, 0.25) is 0 Å². The van der Waals surface area contributed by atoms with Crippen LogP contribution in [0.3, 0.4) is 0 Å². The average molecular weight is 218 g/mol. The molecule has 88 valence electrons. The van der Waals surface area contributed by atoms with Crippen LogP contribution in [0.25, 0.3) is 0 Å². The van der Waals surface area contributed by atoms with Gasteiger partial charge in [0, 0.05) is 25.5 Å². The van der Waals surface area contributed by atoms with Gasteiger partial charge in [-0.05, 0) is 42.2 Å².